The highest BCUT2D eigenvalue weighted by Gasteiger charge is 2.14. The molecular weight excluding hydrogens is 432 g/mol. The Hall–Kier alpha value is -3.76. The minimum absolute atomic E-state index is 0.0781. The predicted octanol–water partition coefficient (Wildman–Crippen LogP) is 4.10. The fourth-order valence-corrected chi connectivity index (χ4v) is 2.91. The van der Waals surface area contributed by atoms with E-state index in [0.29, 0.717) is 11.1 Å². The van der Waals surface area contributed by atoms with Crippen LogP contribution in [0.15, 0.2) is 48.8 Å². The molecule has 3 aromatic rings. The Morgan fingerprint density at radius 2 is 1.94 bits per heavy atom. The zero-order chi connectivity index (χ0) is 23.3. The highest BCUT2D eigenvalue weighted by atomic mass is 19.3. The molecule has 1 N–H and O–H groups in total. The summed E-state index contributed by atoms with van der Waals surface area (Å²) < 4.78 is 62.5. The standard InChI is InChI=1S/C21H20F4N4O3/c1-28(11-13-3-6-18(32-20(24)25)19(7-13)31-2)21(30)26-9-14-10-27-29(12-14)17-5-4-15(22)8-16(17)23/h3-8,10,12,20H,9,11H2,1-2H3,(H,26,30). The van der Waals surface area contributed by atoms with Gasteiger partial charge in [0.1, 0.15) is 11.5 Å². The van der Waals surface area contributed by atoms with Crippen molar-refractivity contribution in [2.24, 2.45) is 0 Å². The number of urea groups is 1. The molecule has 0 aliphatic heterocycles. The van der Waals surface area contributed by atoms with E-state index in [1.54, 1.807) is 13.1 Å². The lowest BCUT2D eigenvalue weighted by atomic mass is 10.2. The summed E-state index contributed by atoms with van der Waals surface area (Å²) in [6.45, 7) is -2.68. The highest BCUT2D eigenvalue weighted by Crippen LogP contribution is 2.29. The summed E-state index contributed by atoms with van der Waals surface area (Å²) in [6.07, 6.45) is 2.97. The molecule has 0 spiro atoms. The number of aromatic nitrogens is 2. The Morgan fingerprint density at radius 1 is 1.16 bits per heavy atom. The number of hydrogen-bond acceptors (Lipinski definition) is 4. The van der Waals surface area contributed by atoms with Crippen molar-refractivity contribution in [1.82, 2.24) is 20.0 Å². The van der Waals surface area contributed by atoms with E-state index in [1.165, 1.54) is 47.3 Å². The van der Waals surface area contributed by atoms with Gasteiger partial charge in [-0.15, -0.1) is 0 Å². The number of rotatable bonds is 8. The normalized spacial score (nSPS) is 10.8. The van der Waals surface area contributed by atoms with E-state index < -0.39 is 24.3 Å². The number of hydrogen-bond donors (Lipinski definition) is 1. The van der Waals surface area contributed by atoms with Crippen molar-refractivity contribution in [3.05, 3.63) is 71.6 Å². The largest absolute Gasteiger partial charge is 0.493 e. The average molecular weight is 452 g/mol. The van der Waals surface area contributed by atoms with Crippen LogP contribution in [0.25, 0.3) is 5.69 Å². The molecule has 0 bridgehead atoms. The molecule has 170 valence electrons. The van der Waals surface area contributed by atoms with Crippen molar-refractivity contribution in [2.45, 2.75) is 19.7 Å². The maximum Gasteiger partial charge on any atom is 0.387 e. The van der Waals surface area contributed by atoms with Gasteiger partial charge >= 0.3 is 12.6 Å². The number of nitrogens with one attached hydrogen (secondary N) is 1. The van der Waals surface area contributed by atoms with Crippen LogP contribution in [0.1, 0.15) is 11.1 Å². The topological polar surface area (TPSA) is 68.6 Å². The average Bonchev–Trinajstić information content (AvgIpc) is 3.21. The van der Waals surface area contributed by atoms with Crippen LogP contribution in [-0.4, -0.2) is 41.5 Å². The Morgan fingerprint density at radius 3 is 2.62 bits per heavy atom. The summed E-state index contributed by atoms with van der Waals surface area (Å²) in [5.41, 5.74) is 1.32. The molecule has 0 saturated carbocycles. The van der Waals surface area contributed by atoms with Crippen LogP contribution in [0, 0.1) is 11.6 Å². The van der Waals surface area contributed by atoms with E-state index in [-0.39, 0.29) is 30.3 Å². The van der Waals surface area contributed by atoms with Crippen LogP contribution in [0.3, 0.4) is 0 Å². The number of alkyl halides is 2. The zero-order valence-corrected chi connectivity index (χ0v) is 17.2. The predicted molar refractivity (Wildman–Crippen MR) is 107 cm³/mol. The van der Waals surface area contributed by atoms with E-state index >= 15 is 0 Å². The zero-order valence-electron chi connectivity index (χ0n) is 17.2. The van der Waals surface area contributed by atoms with Crippen molar-refractivity contribution in [3.8, 4) is 17.2 Å². The van der Waals surface area contributed by atoms with E-state index in [0.717, 1.165) is 12.1 Å². The van der Waals surface area contributed by atoms with Crippen LogP contribution in [0.5, 0.6) is 11.5 Å². The maximum absolute atomic E-state index is 13.9. The molecule has 0 aliphatic carbocycles. The summed E-state index contributed by atoms with van der Waals surface area (Å²) >= 11 is 0. The van der Waals surface area contributed by atoms with Crippen LogP contribution in [0.2, 0.25) is 0 Å². The van der Waals surface area contributed by atoms with Crippen molar-refractivity contribution >= 4 is 6.03 Å². The molecule has 2 aromatic carbocycles. The van der Waals surface area contributed by atoms with Gasteiger partial charge in [-0.05, 0) is 29.8 Å². The van der Waals surface area contributed by atoms with Gasteiger partial charge in [0.05, 0.1) is 13.3 Å². The molecule has 2 amide bonds. The Labute approximate surface area is 181 Å². The van der Waals surface area contributed by atoms with Crippen LogP contribution < -0.4 is 14.8 Å². The monoisotopic (exact) mass is 452 g/mol. The number of nitrogens with zero attached hydrogens (tertiary/aromatic N) is 3. The minimum Gasteiger partial charge on any atom is -0.493 e. The first kappa shape index (κ1) is 22.9. The molecule has 0 atom stereocenters. The van der Waals surface area contributed by atoms with Gasteiger partial charge in [-0.2, -0.15) is 13.9 Å². The lowest BCUT2D eigenvalue weighted by Crippen LogP contribution is -2.36. The number of halogens is 4. The number of benzene rings is 2. The third kappa shape index (κ3) is 5.68. The van der Waals surface area contributed by atoms with Gasteiger partial charge in [-0.25, -0.2) is 18.3 Å². The van der Waals surface area contributed by atoms with Crippen LogP contribution >= 0.6 is 0 Å². The maximum atomic E-state index is 13.9. The van der Waals surface area contributed by atoms with Crippen LogP contribution in [-0.2, 0) is 13.1 Å². The Kier molecular flexibility index (Phi) is 7.18. The summed E-state index contributed by atoms with van der Waals surface area (Å²) in [6, 6.07) is 7.13. The summed E-state index contributed by atoms with van der Waals surface area (Å²) in [7, 11) is 2.88. The second-order valence-electron chi connectivity index (χ2n) is 6.77. The van der Waals surface area contributed by atoms with Crippen LogP contribution in [0.4, 0.5) is 22.4 Å². The first-order valence-corrected chi connectivity index (χ1v) is 9.36. The van der Waals surface area contributed by atoms with Crippen molar-refractivity contribution in [3.63, 3.8) is 0 Å². The lowest BCUT2D eigenvalue weighted by Gasteiger charge is -2.19. The highest BCUT2D eigenvalue weighted by molar-refractivity contribution is 5.73. The number of carbonyl (C=O) groups is 1. The van der Waals surface area contributed by atoms with E-state index in [9.17, 15) is 22.4 Å². The molecule has 0 radical (unpaired) electrons. The SMILES string of the molecule is COc1cc(CN(C)C(=O)NCc2cnn(-c3ccc(F)cc3F)c2)ccc1OC(F)F. The molecule has 7 nitrogen and oxygen atoms in total. The van der Waals surface area contributed by atoms with Gasteiger partial charge in [0.15, 0.2) is 17.3 Å². The molecule has 0 aliphatic rings. The molecule has 32 heavy (non-hydrogen) atoms. The Balaban J connectivity index is 1.58. The van der Waals surface area contributed by atoms with E-state index in [4.69, 9.17) is 4.74 Å². The lowest BCUT2D eigenvalue weighted by molar-refractivity contribution is -0.0512. The number of amides is 2. The van der Waals surface area contributed by atoms with Gasteiger partial charge in [0.2, 0.25) is 0 Å². The van der Waals surface area contributed by atoms with Gasteiger partial charge in [0, 0.05) is 38.0 Å². The first-order chi connectivity index (χ1) is 15.3. The first-order valence-electron chi connectivity index (χ1n) is 9.36. The van der Waals surface area contributed by atoms with Crippen molar-refractivity contribution in [2.75, 3.05) is 14.2 Å². The fourth-order valence-electron chi connectivity index (χ4n) is 2.91. The minimum atomic E-state index is -2.98. The van der Waals surface area contributed by atoms with Gasteiger partial charge < -0.3 is 19.7 Å². The second kappa shape index (κ2) is 10.0. The molecule has 0 unspecified atom stereocenters. The summed E-state index contributed by atoms with van der Waals surface area (Å²) in [4.78, 5) is 13.8. The fraction of sp³-hybridized carbons (Fsp3) is 0.238. The van der Waals surface area contributed by atoms with Gasteiger partial charge in [0.25, 0.3) is 0 Å². The van der Waals surface area contributed by atoms with Gasteiger partial charge in [-0.1, -0.05) is 6.07 Å². The number of carbonyl (C=O) groups excluding carboxylic acids is 1. The van der Waals surface area contributed by atoms with Crippen molar-refractivity contribution in [1.29, 1.82) is 0 Å². The molecule has 0 fully saturated rings. The third-order valence-corrected chi connectivity index (χ3v) is 4.45. The van der Waals surface area contributed by atoms with Crippen molar-refractivity contribution < 1.29 is 31.8 Å². The summed E-state index contributed by atoms with van der Waals surface area (Å²) in [5.74, 6) is -1.43. The Bertz CT molecular complexity index is 1090. The second-order valence-corrected chi connectivity index (χ2v) is 6.77. The quantitative estimate of drug-likeness (QED) is 0.523. The molecule has 0 saturated heterocycles. The molecule has 11 heteroatoms. The number of ether oxygens (including phenoxy) is 2. The molecule has 1 heterocycles. The van der Waals surface area contributed by atoms with E-state index in [2.05, 4.69) is 15.2 Å². The number of methoxy groups -OCH3 is 1. The third-order valence-electron chi connectivity index (χ3n) is 4.45. The van der Waals surface area contributed by atoms with Gasteiger partial charge in [-0.3, -0.25) is 0 Å². The smallest absolute Gasteiger partial charge is 0.387 e. The molecule has 1 aromatic heterocycles. The summed E-state index contributed by atoms with van der Waals surface area (Å²) in [5, 5.41) is 6.72. The molecular formula is C21H20F4N4O3. The van der Waals surface area contributed by atoms with E-state index in [1.807, 2.05) is 0 Å². The molecule has 3 rings (SSSR count).